The highest BCUT2D eigenvalue weighted by atomic mass is 35.5. The van der Waals surface area contributed by atoms with Crippen LogP contribution in [0.4, 0.5) is 0 Å². The van der Waals surface area contributed by atoms with E-state index < -0.39 is 17.6 Å². The normalized spacial score (nSPS) is 17.8. The van der Waals surface area contributed by atoms with Crippen molar-refractivity contribution in [2.75, 3.05) is 53.6 Å². The second-order valence-corrected chi connectivity index (χ2v) is 12.3. The molecule has 1 saturated heterocycles. The molecule has 0 bridgehead atoms. The summed E-state index contributed by atoms with van der Waals surface area (Å²) >= 11 is 0. The van der Waals surface area contributed by atoms with Gasteiger partial charge in [0.2, 0.25) is 5.91 Å². The maximum absolute atomic E-state index is 13.0. The first-order valence-electron chi connectivity index (χ1n) is 14.9. The molecule has 9 nitrogen and oxygen atoms in total. The van der Waals surface area contributed by atoms with Gasteiger partial charge in [-0.05, 0) is 75.6 Å². The molecule has 244 valence electrons. The van der Waals surface area contributed by atoms with Crippen molar-refractivity contribution in [2.24, 2.45) is 28.9 Å². The van der Waals surface area contributed by atoms with E-state index in [1.807, 2.05) is 26.0 Å². The van der Waals surface area contributed by atoms with Gasteiger partial charge in [-0.3, -0.25) is 9.59 Å². The van der Waals surface area contributed by atoms with E-state index >= 15 is 0 Å². The lowest BCUT2D eigenvalue weighted by Crippen LogP contribution is -2.51. The molecule has 5 N–H and O–H groups in total. The van der Waals surface area contributed by atoms with Gasteiger partial charge in [-0.2, -0.15) is 0 Å². The van der Waals surface area contributed by atoms with Crippen LogP contribution in [0.1, 0.15) is 70.2 Å². The number of nitrogens with zero attached hydrogens (tertiary/aromatic N) is 1. The van der Waals surface area contributed by atoms with Crippen LogP contribution in [0.5, 0.6) is 5.75 Å². The first-order chi connectivity index (χ1) is 19.0. The van der Waals surface area contributed by atoms with Gasteiger partial charge in [0.15, 0.2) is 0 Å². The number of halogens is 2. The van der Waals surface area contributed by atoms with Crippen LogP contribution in [-0.2, 0) is 9.53 Å². The molecule has 1 aliphatic rings. The number of methoxy groups -OCH3 is 1. The minimum Gasteiger partial charge on any atom is -0.493 e. The fourth-order valence-electron chi connectivity index (χ4n) is 5.24. The highest BCUT2D eigenvalue weighted by Crippen LogP contribution is 2.33. The summed E-state index contributed by atoms with van der Waals surface area (Å²) in [6.07, 6.45) is 3.50. The summed E-state index contributed by atoms with van der Waals surface area (Å²) in [5.74, 6) is 0.881. The largest absolute Gasteiger partial charge is 0.493 e. The number of nitrogens with one attached hydrogen (secondary N) is 2. The minimum absolute atomic E-state index is 0. The first kappa shape index (κ1) is 40.4. The number of carbonyl (C=O) groups is 2. The van der Waals surface area contributed by atoms with E-state index in [4.69, 9.17) is 15.2 Å². The van der Waals surface area contributed by atoms with Crippen LogP contribution in [0.25, 0.3) is 0 Å². The number of hydrogen-bond donors (Lipinski definition) is 4. The van der Waals surface area contributed by atoms with E-state index in [9.17, 15) is 14.7 Å². The van der Waals surface area contributed by atoms with Gasteiger partial charge >= 0.3 is 0 Å². The standard InChI is InChI=1S/C31H54N4O5.2ClH/c1-22(2)23(19-33-29(37)25-13-7-8-14-28(25)40-17-10-9-16-39-6)18-26(32)27(36)20-34-30(38)31(3,4)24-12-11-15-35(5)21-24;;/h7-8,13-14,22-24,26-27,36H,9-12,15-21,32H2,1-6H3,(H,33,37)(H,34,38);2*1H/t23-,24+,26+,27+;;/m1../s1. The molecule has 0 radical (unpaired) electrons. The van der Waals surface area contributed by atoms with E-state index in [-0.39, 0.29) is 60.9 Å². The summed E-state index contributed by atoms with van der Waals surface area (Å²) in [4.78, 5) is 28.3. The van der Waals surface area contributed by atoms with E-state index in [2.05, 4.69) is 36.4 Å². The Morgan fingerprint density at radius 2 is 1.79 bits per heavy atom. The van der Waals surface area contributed by atoms with E-state index in [1.54, 1.807) is 19.2 Å². The minimum atomic E-state index is -0.877. The number of ether oxygens (including phenoxy) is 2. The quantitative estimate of drug-likeness (QED) is 0.191. The summed E-state index contributed by atoms with van der Waals surface area (Å²) in [5.41, 5.74) is 6.37. The van der Waals surface area contributed by atoms with Gasteiger partial charge in [0.05, 0.1) is 18.3 Å². The van der Waals surface area contributed by atoms with Crippen molar-refractivity contribution < 1.29 is 24.2 Å². The van der Waals surface area contributed by atoms with E-state index in [0.29, 0.717) is 37.5 Å². The summed E-state index contributed by atoms with van der Waals surface area (Å²) < 4.78 is 10.9. The number of nitrogens with two attached hydrogens (primary N) is 1. The second-order valence-electron chi connectivity index (χ2n) is 12.3. The highest BCUT2D eigenvalue weighted by Gasteiger charge is 2.38. The predicted octanol–water partition coefficient (Wildman–Crippen LogP) is 3.90. The highest BCUT2D eigenvalue weighted by molar-refractivity contribution is 5.96. The van der Waals surface area contributed by atoms with Crippen molar-refractivity contribution in [1.29, 1.82) is 0 Å². The molecule has 42 heavy (non-hydrogen) atoms. The number of rotatable bonds is 17. The number of likely N-dealkylation sites (tertiary alicyclic amines) is 1. The Labute approximate surface area is 265 Å². The molecule has 1 aliphatic heterocycles. The number of aliphatic hydroxyl groups is 1. The summed E-state index contributed by atoms with van der Waals surface area (Å²) in [7, 11) is 3.77. The van der Waals surface area contributed by atoms with Crippen molar-refractivity contribution in [3.63, 3.8) is 0 Å². The van der Waals surface area contributed by atoms with Gasteiger partial charge in [-0.1, -0.05) is 39.8 Å². The maximum atomic E-state index is 13.0. The summed E-state index contributed by atoms with van der Waals surface area (Å²) in [5, 5.41) is 16.8. The average Bonchev–Trinajstić information content (AvgIpc) is 2.93. The van der Waals surface area contributed by atoms with Crippen LogP contribution in [-0.4, -0.2) is 87.5 Å². The maximum Gasteiger partial charge on any atom is 0.255 e. The Balaban J connectivity index is 0.00000840. The Morgan fingerprint density at radius 3 is 2.43 bits per heavy atom. The molecule has 1 aromatic carbocycles. The third-order valence-electron chi connectivity index (χ3n) is 8.37. The molecule has 2 amide bonds. The number of unbranched alkanes of at least 4 members (excludes halogenated alkanes) is 1. The summed E-state index contributed by atoms with van der Waals surface area (Å²) in [6, 6.07) is 6.71. The third kappa shape index (κ3) is 12.9. The molecule has 0 saturated carbocycles. The average molecular weight is 636 g/mol. The lowest BCUT2D eigenvalue weighted by Gasteiger charge is -2.39. The van der Waals surface area contributed by atoms with E-state index in [1.165, 1.54) is 0 Å². The summed E-state index contributed by atoms with van der Waals surface area (Å²) in [6.45, 7) is 11.8. The molecule has 0 aliphatic carbocycles. The van der Waals surface area contributed by atoms with Crippen molar-refractivity contribution in [2.45, 2.75) is 71.9 Å². The Morgan fingerprint density at radius 1 is 1.12 bits per heavy atom. The molecule has 0 aromatic heterocycles. The third-order valence-corrected chi connectivity index (χ3v) is 8.37. The Kier molecular flexibility index (Phi) is 19.6. The van der Waals surface area contributed by atoms with Gasteiger partial charge in [0.25, 0.3) is 5.91 Å². The number of piperidine rings is 1. The predicted molar refractivity (Wildman–Crippen MR) is 174 cm³/mol. The Hall–Kier alpha value is -1.62. The monoisotopic (exact) mass is 634 g/mol. The second kappa shape index (κ2) is 20.4. The van der Waals surface area contributed by atoms with Crippen LogP contribution >= 0.6 is 24.8 Å². The number of amides is 2. The fraction of sp³-hybridized carbons (Fsp3) is 0.742. The topological polar surface area (TPSA) is 126 Å². The lowest BCUT2D eigenvalue weighted by atomic mass is 9.74. The number of para-hydroxylation sites is 1. The molecule has 0 unspecified atom stereocenters. The molecular weight excluding hydrogens is 579 g/mol. The van der Waals surface area contributed by atoms with Crippen molar-refractivity contribution >= 4 is 36.6 Å². The molecule has 1 heterocycles. The van der Waals surface area contributed by atoms with Crippen LogP contribution in [0, 0.1) is 23.2 Å². The molecule has 2 rings (SSSR count). The van der Waals surface area contributed by atoms with Gasteiger partial charge in [-0.15, -0.1) is 24.8 Å². The molecule has 11 heteroatoms. The molecule has 1 aromatic rings. The number of carbonyl (C=O) groups excluding carboxylic acids is 2. The first-order valence-corrected chi connectivity index (χ1v) is 14.9. The molecule has 0 spiro atoms. The molecular formula is C31H56Cl2N4O5. The van der Waals surface area contributed by atoms with Crippen LogP contribution in [0.3, 0.4) is 0 Å². The van der Waals surface area contributed by atoms with Crippen LogP contribution in [0.15, 0.2) is 24.3 Å². The zero-order chi connectivity index (χ0) is 29.7. The van der Waals surface area contributed by atoms with Gasteiger partial charge < -0.3 is 35.8 Å². The molecule has 4 atom stereocenters. The van der Waals surface area contributed by atoms with Crippen LogP contribution in [0.2, 0.25) is 0 Å². The van der Waals surface area contributed by atoms with Crippen molar-refractivity contribution in [3.05, 3.63) is 29.8 Å². The van der Waals surface area contributed by atoms with E-state index in [0.717, 1.165) is 38.8 Å². The van der Waals surface area contributed by atoms with Crippen molar-refractivity contribution in [1.82, 2.24) is 15.5 Å². The SMILES string of the molecule is COCCCCOc1ccccc1C(=O)NC[C@@H](C[C@H](N)[C@@H](O)CNC(=O)C(C)(C)[C@H]1CCCN(C)C1)C(C)C.Cl.Cl. The van der Waals surface area contributed by atoms with Crippen molar-refractivity contribution in [3.8, 4) is 5.75 Å². The van der Waals surface area contributed by atoms with Gasteiger partial charge in [-0.25, -0.2) is 0 Å². The fourth-order valence-corrected chi connectivity index (χ4v) is 5.24. The smallest absolute Gasteiger partial charge is 0.255 e. The number of aliphatic hydroxyl groups excluding tert-OH is 1. The zero-order valence-corrected chi connectivity index (χ0v) is 28.0. The zero-order valence-electron chi connectivity index (χ0n) is 26.4. The van der Waals surface area contributed by atoms with Gasteiger partial charge in [0, 0.05) is 44.8 Å². The molecule has 1 fully saturated rings. The van der Waals surface area contributed by atoms with Gasteiger partial charge in [0.1, 0.15) is 5.75 Å². The lowest BCUT2D eigenvalue weighted by molar-refractivity contribution is -0.133. The van der Waals surface area contributed by atoms with Crippen LogP contribution < -0.4 is 21.1 Å². The number of hydrogen-bond acceptors (Lipinski definition) is 7. The Bertz CT molecular complexity index is 921. The number of benzene rings is 1.